The van der Waals surface area contributed by atoms with Gasteiger partial charge >= 0.3 is 17.8 Å². The van der Waals surface area contributed by atoms with E-state index in [4.69, 9.17) is 18.3 Å². The van der Waals surface area contributed by atoms with E-state index in [1.165, 1.54) is 14.2 Å². The minimum absolute atomic E-state index is 0.0407. The quantitative estimate of drug-likeness (QED) is 0.165. The third-order valence-corrected chi connectivity index (χ3v) is 13.5. The molecule has 2 unspecified atom stereocenters. The van der Waals surface area contributed by atoms with Gasteiger partial charge in [-0.2, -0.15) is 0 Å². The minimum atomic E-state index is -1.37. The number of halogens is 2. The maximum Gasteiger partial charge on any atom is 0.519 e. The molecule has 2 atom stereocenters. The third kappa shape index (κ3) is 7.08. The van der Waals surface area contributed by atoms with Gasteiger partial charge in [0.15, 0.2) is 34.7 Å². The summed E-state index contributed by atoms with van der Waals surface area (Å²) in [6.45, 7) is 9.85. The predicted molar refractivity (Wildman–Crippen MR) is 231 cm³/mol. The number of methoxy groups -OCH3 is 2. The molecule has 4 fully saturated rings. The molecular weight excluding hydrogens is 839 g/mol. The second-order valence-electron chi connectivity index (χ2n) is 17.5. The smallest absolute Gasteiger partial charge is 0.492 e. The topological polar surface area (TPSA) is 193 Å². The van der Waals surface area contributed by atoms with Gasteiger partial charge in [-0.1, -0.05) is 0 Å². The van der Waals surface area contributed by atoms with Crippen molar-refractivity contribution >= 4 is 45.1 Å². The van der Waals surface area contributed by atoms with Crippen LogP contribution in [0.5, 0.6) is 11.5 Å². The molecule has 340 valence electrons. The van der Waals surface area contributed by atoms with Crippen LogP contribution in [0, 0.1) is 25.5 Å². The van der Waals surface area contributed by atoms with Crippen LogP contribution in [-0.2, 0) is 13.1 Å². The first-order valence-electron chi connectivity index (χ1n) is 21.5. The highest BCUT2D eigenvalue weighted by molar-refractivity contribution is 5.99. The monoisotopic (exact) mass is 888 g/mol. The number of piperazine rings is 2. The normalized spacial score (nSPS) is 19.8. The number of rotatable bonds is 12. The molecule has 0 spiro atoms. The average molecular weight is 889 g/mol. The number of nitrogens with zero attached hydrogens (tertiary/aromatic N) is 6. The summed E-state index contributed by atoms with van der Waals surface area (Å²) in [5, 5.41) is 19.7. The summed E-state index contributed by atoms with van der Waals surface area (Å²) in [5.41, 5.74) is -0.589. The van der Waals surface area contributed by atoms with Crippen molar-refractivity contribution in [2.24, 2.45) is 0 Å². The van der Waals surface area contributed by atoms with E-state index in [1.54, 1.807) is 23.0 Å². The summed E-state index contributed by atoms with van der Waals surface area (Å²) in [4.78, 5) is 71.7. The summed E-state index contributed by atoms with van der Waals surface area (Å²) < 4.78 is 58.9. The van der Waals surface area contributed by atoms with E-state index < -0.39 is 40.3 Å². The molecule has 64 heavy (non-hydrogen) atoms. The number of aromatic nitrogens is 2. The van der Waals surface area contributed by atoms with Gasteiger partial charge in [0, 0.05) is 74.8 Å². The molecule has 2 aromatic carbocycles. The van der Waals surface area contributed by atoms with Crippen molar-refractivity contribution in [1.29, 1.82) is 0 Å². The number of anilines is 2. The Labute approximate surface area is 364 Å². The van der Waals surface area contributed by atoms with Gasteiger partial charge in [-0.3, -0.25) is 19.4 Å². The zero-order valence-corrected chi connectivity index (χ0v) is 36.5. The maximum atomic E-state index is 16.2. The maximum absolute atomic E-state index is 16.2. The molecule has 9 rings (SSSR count). The van der Waals surface area contributed by atoms with Crippen LogP contribution in [0.2, 0.25) is 0 Å². The van der Waals surface area contributed by atoms with E-state index >= 15 is 8.78 Å². The molecule has 19 heteroatoms. The van der Waals surface area contributed by atoms with Crippen LogP contribution in [-0.4, -0.2) is 107 Å². The molecule has 4 aliphatic rings. The number of hydrogen-bond donors (Lipinski definition) is 2. The zero-order chi connectivity index (χ0) is 45.6. The van der Waals surface area contributed by atoms with E-state index in [1.807, 2.05) is 23.6 Å². The minimum Gasteiger partial charge on any atom is -0.492 e. The number of carboxylic acid groups (broad SMARTS) is 2. The van der Waals surface area contributed by atoms with Gasteiger partial charge in [0.05, 0.1) is 49.1 Å². The Morgan fingerprint density at radius 1 is 0.672 bits per heavy atom. The highest BCUT2D eigenvalue weighted by Gasteiger charge is 2.38. The van der Waals surface area contributed by atoms with Crippen LogP contribution in [0.4, 0.5) is 20.2 Å². The Morgan fingerprint density at radius 2 is 1.05 bits per heavy atom. The zero-order valence-electron chi connectivity index (χ0n) is 36.5. The average Bonchev–Trinajstić information content (AvgIpc) is 4.18. The molecular formula is C45H50F2N6O11. The first-order chi connectivity index (χ1) is 30.5. The number of ether oxygens (including phenoxy) is 2. The van der Waals surface area contributed by atoms with E-state index in [-0.39, 0.29) is 82.0 Å². The van der Waals surface area contributed by atoms with Gasteiger partial charge in [-0.25, -0.2) is 23.2 Å². The summed E-state index contributed by atoms with van der Waals surface area (Å²) in [7, 11) is 2.82. The number of carbonyl (C=O) groups is 2. The highest BCUT2D eigenvalue weighted by Crippen LogP contribution is 2.47. The molecule has 2 aliphatic carbocycles. The fourth-order valence-corrected chi connectivity index (χ4v) is 10.1. The van der Waals surface area contributed by atoms with Gasteiger partial charge in [0.25, 0.3) is 0 Å². The highest BCUT2D eigenvalue weighted by atomic mass is 19.1. The number of pyridine rings is 2. The third-order valence-electron chi connectivity index (χ3n) is 13.5. The Morgan fingerprint density at radius 3 is 1.36 bits per heavy atom. The van der Waals surface area contributed by atoms with Crippen molar-refractivity contribution in [3.63, 3.8) is 0 Å². The SMILES string of the molecule is COc1c(N2CCN(Cc3oc(=O)oc3CN3CCN(c4c(F)cc5c(=O)c(C(=O)O)c(C)n(C6CC6)c5c4OC)CC3C)C(C)C2)c(F)cc2c(=O)c(C(=O)O)c(C)n(C3CC3)c12. The Kier molecular flexibility index (Phi) is 10.8. The lowest BCUT2D eigenvalue weighted by atomic mass is 10.0. The predicted octanol–water partition coefficient (Wildman–Crippen LogP) is 5.26. The fraction of sp³-hybridized carbons (Fsp3) is 0.489. The van der Waals surface area contributed by atoms with E-state index in [2.05, 4.69) is 9.80 Å². The van der Waals surface area contributed by atoms with Crippen molar-refractivity contribution in [3.8, 4) is 11.5 Å². The number of fused-ring (bicyclic) bond motifs is 2. The van der Waals surface area contributed by atoms with Crippen molar-refractivity contribution in [1.82, 2.24) is 18.9 Å². The summed E-state index contributed by atoms with van der Waals surface area (Å²) >= 11 is 0. The van der Waals surface area contributed by atoms with Crippen molar-refractivity contribution in [2.45, 2.75) is 90.6 Å². The molecule has 3 aromatic heterocycles. The molecule has 17 nitrogen and oxygen atoms in total. The van der Waals surface area contributed by atoms with Crippen molar-refractivity contribution in [3.05, 3.63) is 88.9 Å². The first-order valence-corrected chi connectivity index (χ1v) is 21.5. The number of hydrogen-bond acceptors (Lipinski definition) is 13. The Hall–Kier alpha value is -6.21. The van der Waals surface area contributed by atoms with Crippen LogP contribution in [0.3, 0.4) is 0 Å². The largest absolute Gasteiger partial charge is 0.519 e. The van der Waals surface area contributed by atoms with Gasteiger partial charge in [-0.05, 0) is 65.5 Å². The Bertz CT molecular complexity index is 2760. The molecule has 2 N–H and O–H groups in total. The van der Waals surface area contributed by atoms with Gasteiger partial charge in [-0.15, -0.1) is 0 Å². The molecule has 0 amide bonds. The molecule has 2 saturated heterocycles. The second kappa shape index (κ2) is 16.1. The Balaban J connectivity index is 0.931. The standard InChI is InChI=1S/C45H50F2N6O11/c1-21-17-50(37-29(46)15-27-35(41(37)61-5)52(25-7-8-25)23(3)33(39(27)54)43(56)57)13-11-48(21)19-31-32(64-45(60)63-31)20-49-12-14-51(18-22(49)2)38-30(47)16-28-36(42(38)62-6)53(26-9-10-26)24(4)34(40(28)55)44(58)59/h15-16,21-22,25-26H,7-14,17-20H2,1-6H3,(H,56,57)(H,58,59). The number of aromatic carboxylic acids is 2. The second-order valence-corrected chi connectivity index (χ2v) is 17.5. The van der Waals surface area contributed by atoms with E-state index in [9.17, 15) is 34.2 Å². The van der Waals surface area contributed by atoms with Crippen molar-refractivity contribution < 1.29 is 46.9 Å². The van der Waals surface area contributed by atoms with Crippen LogP contribution in [0.1, 0.15) is 95.2 Å². The fourth-order valence-electron chi connectivity index (χ4n) is 10.1. The molecule has 0 bridgehead atoms. The van der Waals surface area contributed by atoms with Crippen LogP contribution >= 0.6 is 0 Å². The molecule has 0 radical (unpaired) electrons. The summed E-state index contributed by atoms with van der Waals surface area (Å²) in [6.07, 6.45) is 3.15. The van der Waals surface area contributed by atoms with Gasteiger partial charge in [0.1, 0.15) is 22.5 Å². The lowest BCUT2D eigenvalue weighted by Gasteiger charge is -2.42. The van der Waals surface area contributed by atoms with Crippen LogP contribution < -0.4 is 36.0 Å². The van der Waals surface area contributed by atoms with Gasteiger partial charge in [0.2, 0.25) is 10.9 Å². The van der Waals surface area contributed by atoms with Crippen LogP contribution in [0.15, 0.2) is 35.4 Å². The lowest BCUT2D eigenvalue weighted by Crippen LogP contribution is -2.52. The molecule has 2 aliphatic heterocycles. The van der Waals surface area contributed by atoms with Crippen LogP contribution in [0.25, 0.3) is 21.8 Å². The number of carboxylic acids is 2. The molecule has 5 heterocycles. The van der Waals surface area contributed by atoms with E-state index in [0.29, 0.717) is 73.2 Å². The molecule has 2 saturated carbocycles. The lowest BCUT2D eigenvalue weighted by molar-refractivity contribution is 0.0683. The summed E-state index contributed by atoms with van der Waals surface area (Å²) in [6, 6.07) is 1.78. The van der Waals surface area contributed by atoms with E-state index in [0.717, 1.165) is 37.8 Å². The summed E-state index contributed by atoms with van der Waals surface area (Å²) in [5.74, 6) is -3.95. The van der Waals surface area contributed by atoms with Crippen molar-refractivity contribution in [2.75, 3.05) is 63.3 Å². The number of benzene rings is 2. The van der Waals surface area contributed by atoms with Gasteiger partial charge < -0.3 is 47.5 Å². The molecule has 5 aromatic rings. The first kappa shape index (κ1) is 43.1.